The van der Waals surface area contributed by atoms with Crippen LogP contribution in [-0.4, -0.2) is 16.9 Å². The lowest BCUT2D eigenvalue weighted by Crippen LogP contribution is -2.39. The number of anilines is 1. The molecule has 0 aliphatic rings. The zero-order valence-electron chi connectivity index (χ0n) is 9.32. The first-order valence-electron chi connectivity index (χ1n) is 5.01. The SMILES string of the molecule is Cc1cccc(NC(=O)[C@H](N)C(C)C)n1. The summed E-state index contributed by atoms with van der Waals surface area (Å²) in [6.07, 6.45) is 0. The lowest BCUT2D eigenvalue weighted by Gasteiger charge is -2.14. The van der Waals surface area contributed by atoms with Crippen molar-refractivity contribution >= 4 is 11.7 Å². The van der Waals surface area contributed by atoms with Gasteiger partial charge in [-0.25, -0.2) is 4.98 Å². The van der Waals surface area contributed by atoms with Crippen molar-refractivity contribution in [2.75, 3.05) is 5.32 Å². The maximum Gasteiger partial charge on any atom is 0.242 e. The van der Waals surface area contributed by atoms with Crippen LogP contribution in [0.5, 0.6) is 0 Å². The molecule has 0 radical (unpaired) electrons. The van der Waals surface area contributed by atoms with E-state index >= 15 is 0 Å². The number of hydrogen-bond acceptors (Lipinski definition) is 3. The Morgan fingerprint density at radius 2 is 2.13 bits per heavy atom. The van der Waals surface area contributed by atoms with Gasteiger partial charge in [-0.3, -0.25) is 4.79 Å². The molecule has 1 amide bonds. The number of hydrogen-bond donors (Lipinski definition) is 2. The zero-order chi connectivity index (χ0) is 11.4. The Kier molecular flexibility index (Phi) is 3.80. The van der Waals surface area contributed by atoms with Gasteiger partial charge < -0.3 is 11.1 Å². The van der Waals surface area contributed by atoms with Crippen LogP contribution in [0.15, 0.2) is 18.2 Å². The predicted molar refractivity (Wildman–Crippen MR) is 60.4 cm³/mol. The van der Waals surface area contributed by atoms with Crippen molar-refractivity contribution < 1.29 is 4.79 Å². The molecule has 0 aliphatic carbocycles. The van der Waals surface area contributed by atoms with E-state index in [0.717, 1.165) is 5.69 Å². The highest BCUT2D eigenvalue weighted by Crippen LogP contribution is 2.06. The first-order chi connectivity index (χ1) is 7.00. The molecule has 0 fully saturated rings. The average molecular weight is 207 g/mol. The van der Waals surface area contributed by atoms with Gasteiger partial charge in [-0.15, -0.1) is 0 Å². The minimum absolute atomic E-state index is 0.120. The number of carbonyl (C=O) groups is 1. The van der Waals surface area contributed by atoms with E-state index in [-0.39, 0.29) is 11.8 Å². The second-order valence-electron chi connectivity index (χ2n) is 3.92. The summed E-state index contributed by atoms with van der Waals surface area (Å²) in [6.45, 7) is 5.69. The molecule has 0 bridgehead atoms. The van der Waals surface area contributed by atoms with Gasteiger partial charge in [0.2, 0.25) is 5.91 Å². The van der Waals surface area contributed by atoms with Crippen LogP contribution in [-0.2, 0) is 4.79 Å². The van der Waals surface area contributed by atoms with Crippen LogP contribution in [0.3, 0.4) is 0 Å². The van der Waals surface area contributed by atoms with E-state index in [2.05, 4.69) is 10.3 Å². The highest BCUT2D eigenvalue weighted by atomic mass is 16.2. The van der Waals surface area contributed by atoms with Gasteiger partial charge in [0.05, 0.1) is 6.04 Å². The normalized spacial score (nSPS) is 12.6. The second-order valence-corrected chi connectivity index (χ2v) is 3.92. The fourth-order valence-corrected chi connectivity index (χ4v) is 1.12. The van der Waals surface area contributed by atoms with E-state index in [4.69, 9.17) is 5.73 Å². The Morgan fingerprint density at radius 3 is 2.67 bits per heavy atom. The molecule has 0 spiro atoms. The van der Waals surface area contributed by atoms with Gasteiger partial charge in [-0.05, 0) is 25.0 Å². The Balaban J connectivity index is 2.66. The van der Waals surface area contributed by atoms with Crippen LogP contribution in [0, 0.1) is 12.8 Å². The Bertz CT molecular complexity index is 349. The van der Waals surface area contributed by atoms with Gasteiger partial charge in [0.1, 0.15) is 5.82 Å². The molecule has 3 N–H and O–H groups in total. The molecule has 1 atom stereocenters. The fraction of sp³-hybridized carbons (Fsp3) is 0.455. The number of amides is 1. The van der Waals surface area contributed by atoms with Crippen LogP contribution in [0.25, 0.3) is 0 Å². The van der Waals surface area contributed by atoms with E-state index in [1.165, 1.54) is 0 Å². The highest BCUT2D eigenvalue weighted by molar-refractivity contribution is 5.94. The van der Waals surface area contributed by atoms with Crippen molar-refractivity contribution in [3.63, 3.8) is 0 Å². The monoisotopic (exact) mass is 207 g/mol. The number of aryl methyl sites for hydroxylation is 1. The van der Waals surface area contributed by atoms with Crippen molar-refractivity contribution in [2.45, 2.75) is 26.8 Å². The van der Waals surface area contributed by atoms with Crippen molar-refractivity contribution in [3.8, 4) is 0 Å². The van der Waals surface area contributed by atoms with Gasteiger partial charge in [0.25, 0.3) is 0 Å². The van der Waals surface area contributed by atoms with E-state index in [9.17, 15) is 4.79 Å². The Morgan fingerprint density at radius 1 is 1.47 bits per heavy atom. The summed E-state index contributed by atoms with van der Waals surface area (Å²) in [5, 5.41) is 2.69. The summed E-state index contributed by atoms with van der Waals surface area (Å²) in [4.78, 5) is 15.8. The van der Waals surface area contributed by atoms with Crippen molar-refractivity contribution in [2.24, 2.45) is 11.7 Å². The minimum atomic E-state index is -0.493. The fourth-order valence-electron chi connectivity index (χ4n) is 1.12. The van der Waals surface area contributed by atoms with Crippen LogP contribution in [0.2, 0.25) is 0 Å². The first kappa shape index (κ1) is 11.7. The smallest absolute Gasteiger partial charge is 0.242 e. The molecule has 82 valence electrons. The molecule has 0 saturated carbocycles. The van der Waals surface area contributed by atoms with Crippen molar-refractivity contribution in [3.05, 3.63) is 23.9 Å². The summed E-state index contributed by atoms with van der Waals surface area (Å²) in [5.74, 6) is 0.481. The van der Waals surface area contributed by atoms with E-state index in [1.807, 2.05) is 32.9 Å². The van der Waals surface area contributed by atoms with E-state index in [1.54, 1.807) is 6.07 Å². The van der Waals surface area contributed by atoms with Gasteiger partial charge >= 0.3 is 0 Å². The van der Waals surface area contributed by atoms with Gasteiger partial charge in [-0.1, -0.05) is 19.9 Å². The average Bonchev–Trinajstić information content (AvgIpc) is 2.16. The van der Waals surface area contributed by atoms with E-state index < -0.39 is 6.04 Å². The number of aromatic nitrogens is 1. The molecule has 0 unspecified atom stereocenters. The lowest BCUT2D eigenvalue weighted by atomic mass is 10.1. The molecule has 4 nitrogen and oxygen atoms in total. The van der Waals surface area contributed by atoms with Gasteiger partial charge in [-0.2, -0.15) is 0 Å². The van der Waals surface area contributed by atoms with Crippen LogP contribution < -0.4 is 11.1 Å². The zero-order valence-corrected chi connectivity index (χ0v) is 9.32. The highest BCUT2D eigenvalue weighted by Gasteiger charge is 2.17. The van der Waals surface area contributed by atoms with Gasteiger partial charge in [0, 0.05) is 5.69 Å². The molecule has 1 aromatic rings. The number of nitrogens with zero attached hydrogens (tertiary/aromatic N) is 1. The quantitative estimate of drug-likeness (QED) is 0.785. The molecular formula is C11H17N3O. The first-order valence-corrected chi connectivity index (χ1v) is 5.01. The molecule has 4 heteroatoms. The van der Waals surface area contributed by atoms with Crippen LogP contribution in [0.1, 0.15) is 19.5 Å². The molecule has 0 aromatic carbocycles. The summed E-state index contributed by atoms with van der Waals surface area (Å²) >= 11 is 0. The Hall–Kier alpha value is -1.42. The molecule has 15 heavy (non-hydrogen) atoms. The third-order valence-electron chi connectivity index (χ3n) is 2.16. The number of carbonyl (C=O) groups excluding carboxylic acids is 1. The summed E-state index contributed by atoms with van der Waals surface area (Å²) < 4.78 is 0. The topological polar surface area (TPSA) is 68.0 Å². The van der Waals surface area contributed by atoms with Crippen molar-refractivity contribution in [1.29, 1.82) is 0 Å². The second kappa shape index (κ2) is 4.89. The number of nitrogens with one attached hydrogen (secondary N) is 1. The third kappa shape index (κ3) is 3.32. The molecule has 0 aliphatic heterocycles. The predicted octanol–water partition coefficient (Wildman–Crippen LogP) is 1.31. The number of nitrogens with two attached hydrogens (primary N) is 1. The maximum absolute atomic E-state index is 11.6. The summed E-state index contributed by atoms with van der Waals surface area (Å²) in [6, 6.07) is 4.97. The minimum Gasteiger partial charge on any atom is -0.320 e. The third-order valence-corrected chi connectivity index (χ3v) is 2.16. The standard InChI is InChI=1S/C11H17N3O/c1-7(2)10(12)11(15)14-9-6-4-5-8(3)13-9/h4-7,10H,12H2,1-3H3,(H,13,14,15)/t10-/m1/s1. The molecule has 1 rings (SSSR count). The summed E-state index contributed by atoms with van der Waals surface area (Å²) in [5.41, 5.74) is 6.57. The van der Waals surface area contributed by atoms with Gasteiger partial charge in [0.15, 0.2) is 0 Å². The van der Waals surface area contributed by atoms with Crippen molar-refractivity contribution in [1.82, 2.24) is 4.98 Å². The maximum atomic E-state index is 11.6. The van der Waals surface area contributed by atoms with Crippen LogP contribution >= 0.6 is 0 Å². The molecular weight excluding hydrogens is 190 g/mol. The summed E-state index contributed by atoms with van der Waals surface area (Å²) in [7, 11) is 0. The molecule has 0 saturated heterocycles. The Labute approximate surface area is 89.9 Å². The molecule has 1 aromatic heterocycles. The number of pyridine rings is 1. The lowest BCUT2D eigenvalue weighted by molar-refractivity contribution is -0.118. The molecule has 1 heterocycles. The van der Waals surface area contributed by atoms with Crippen LogP contribution in [0.4, 0.5) is 5.82 Å². The largest absolute Gasteiger partial charge is 0.320 e. The number of rotatable bonds is 3. The van der Waals surface area contributed by atoms with E-state index in [0.29, 0.717) is 5.82 Å².